The van der Waals surface area contributed by atoms with E-state index in [0.29, 0.717) is 17.6 Å². The molecule has 0 radical (unpaired) electrons. The Morgan fingerprint density at radius 3 is 1.77 bits per heavy atom. The molecule has 1 saturated carbocycles. The van der Waals surface area contributed by atoms with E-state index in [-0.39, 0.29) is 5.41 Å². The Kier molecular flexibility index (Phi) is 14.7. The van der Waals surface area contributed by atoms with Crippen LogP contribution in [0, 0.1) is 0 Å². The fourth-order valence-electron chi connectivity index (χ4n) is 6.96. The molecule has 1 unspecified atom stereocenters. The lowest BCUT2D eigenvalue weighted by Crippen LogP contribution is -2.20. The molecular weight excluding hydrogens is 484 g/mol. The summed E-state index contributed by atoms with van der Waals surface area (Å²) in [6.07, 6.45) is 27.1. The van der Waals surface area contributed by atoms with Gasteiger partial charge in [0.15, 0.2) is 0 Å². The average Bonchev–Trinajstić information content (AvgIpc) is 2.98. The van der Waals surface area contributed by atoms with Gasteiger partial charge in [-0.1, -0.05) is 179 Å². The Hall–Kier alpha value is -1.76. The van der Waals surface area contributed by atoms with Gasteiger partial charge in [0.1, 0.15) is 5.75 Å². The van der Waals surface area contributed by atoms with Crippen molar-refractivity contribution in [2.45, 2.75) is 173 Å². The summed E-state index contributed by atoms with van der Waals surface area (Å²) in [5, 5.41) is 11.6. The lowest BCUT2D eigenvalue weighted by molar-refractivity contribution is 0.406. The third kappa shape index (κ3) is 10.3. The second kappa shape index (κ2) is 17.9. The van der Waals surface area contributed by atoms with Gasteiger partial charge in [-0.15, -0.1) is 0 Å². The van der Waals surface area contributed by atoms with Crippen LogP contribution in [-0.2, 0) is 5.41 Å². The fourth-order valence-corrected chi connectivity index (χ4v) is 6.96. The lowest BCUT2D eigenvalue weighted by Gasteiger charge is -2.31. The first-order chi connectivity index (χ1) is 19.4. The molecule has 0 aromatic heterocycles. The van der Waals surface area contributed by atoms with Crippen LogP contribution in [0.1, 0.15) is 190 Å². The van der Waals surface area contributed by atoms with Gasteiger partial charge in [-0.3, -0.25) is 0 Å². The van der Waals surface area contributed by atoms with Gasteiger partial charge < -0.3 is 5.11 Å². The van der Waals surface area contributed by atoms with Crippen molar-refractivity contribution in [2.24, 2.45) is 0 Å². The molecule has 0 heterocycles. The summed E-state index contributed by atoms with van der Waals surface area (Å²) in [5.41, 5.74) is 5.04. The van der Waals surface area contributed by atoms with Crippen molar-refractivity contribution in [1.29, 1.82) is 0 Å². The Morgan fingerprint density at radius 2 is 1.23 bits per heavy atom. The highest BCUT2D eigenvalue weighted by Gasteiger charge is 2.29. The van der Waals surface area contributed by atoms with Crippen LogP contribution >= 0.6 is 0 Å². The molecule has 0 amide bonds. The van der Waals surface area contributed by atoms with E-state index < -0.39 is 0 Å². The van der Waals surface area contributed by atoms with Crippen molar-refractivity contribution in [2.75, 3.05) is 0 Å². The van der Waals surface area contributed by atoms with Crippen LogP contribution in [0.2, 0.25) is 0 Å². The van der Waals surface area contributed by atoms with Crippen LogP contribution in [-0.4, -0.2) is 5.11 Å². The Balaban J connectivity index is 1.50. The maximum Gasteiger partial charge on any atom is 0.122 e. The molecule has 40 heavy (non-hydrogen) atoms. The Morgan fingerprint density at radius 1 is 0.700 bits per heavy atom. The molecule has 0 spiro atoms. The monoisotopic (exact) mass is 546 g/mol. The van der Waals surface area contributed by atoms with E-state index in [0.717, 1.165) is 0 Å². The van der Waals surface area contributed by atoms with Gasteiger partial charge in [0.2, 0.25) is 0 Å². The molecule has 1 aliphatic carbocycles. The van der Waals surface area contributed by atoms with E-state index >= 15 is 0 Å². The van der Waals surface area contributed by atoms with Crippen molar-refractivity contribution in [3.8, 4) is 5.75 Å². The normalized spacial score (nSPS) is 15.4. The predicted octanol–water partition coefficient (Wildman–Crippen LogP) is 12.7. The van der Waals surface area contributed by atoms with Gasteiger partial charge in [0.25, 0.3) is 0 Å². The summed E-state index contributed by atoms with van der Waals surface area (Å²) in [6, 6.07) is 15.6. The van der Waals surface area contributed by atoms with Crippen molar-refractivity contribution in [3.05, 3.63) is 64.7 Å². The molecule has 0 aliphatic heterocycles. The van der Waals surface area contributed by atoms with Gasteiger partial charge in [-0.25, -0.2) is 0 Å². The number of benzene rings is 2. The molecule has 1 fully saturated rings. The first-order valence-electron chi connectivity index (χ1n) is 17.4. The second-order valence-corrected chi connectivity index (χ2v) is 13.6. The van der Waals surface area contributed by atoms with Crippen LogP contribution in [0.3, 0.4) is 0 Å². The van der Waals surface area contributed by atoms with Crippen molar-refractivity contribution in [3.63, 3.8) is 0 Å². The zero-order chi connectivity index (χ0) is 28.6. The topological polar surface area (TPSA) is 20.2 Å². The van der Waals surface area contributed by atoms with Crippen molar-refractivity contribution in [1.82, 2.24) is 0 Å². The number of hydrogen-bond acceptors (Lipinski definition) is 1. The van der Waals surface area contributed by atoms with Crippen molar-refractivity contribution >= 4 is 0 Å². The summed E-state index contributed by atoms with van der Waals surface area (Å²) in [4.78, 5) is 0. The number of unbranched alkanes of at least 4 members (excludes halogenated alkanes) is 13. The van der Waals surface area contributed by atoms with Gasteiger partial charge in [0, 0.05) is 5.41 Å². The molecule has 1 heteroatoms. The first kappa shape index (κ1) is 32.8. The molecule has 0 saturated heterocycles. The minimum Gasteiger partial charge on any atom is -0.507 e. The maximum absolute atomic E-state index is 11.6. The zero-order valence-corrected chi connectivity index (χ0v) is 26.8. The van der Waals surface area contributed by atoms with Gasteiger partial charge in [0.05, 0.1) is 0 Å². The van der Waals surface area contributed by atoms with Gasteiger partial charge in [-0.05, 0) is 53.4 Å². The van der Waals surface area contributed by atoms with Crippen LogP contribution in [0.5, 0.6) is 5.75 Å². The largest absolute Gasteiger partial charge is 0.507 e. The van der Waals surface area contributed by atoms with E-state index in [1.165, 1.54) is 151 Å². The van der Waals surface area contributed by atoms with Crippen LogP contribution in [0.25, 0.3) is 0 Å². The van der Waals surface area contributed by atoms with E-state index in [9.17, 15) is 5.11 Å². The summed E-state index contributed by atoms with van der Waals surface area (Å²) >= 11 is 0. The number of aromatic hydroxyl groups is 1. The van der Waals surface area contributed by atoms with E-state index in [4.69, 9.17) is 0 Å². The summed E-state index contributed by atoms with van der Waals surface area (Å²) in [6.45, 7) is 9.34. The fraction of sp³-hybridized carbons (Fsp3) is 0.692. The highest BCUT2D eigenvalue weighted by molar-refractivity contribution is 5.51. The first-order valence-corrected chi connectivity index (χ1v) is 17.4. The van der Waals surface area contributed by atoms with Crippen molar-refractivity contribution < 1.29 is 5.11 Å². The standard InChI is InChI=1S/C39H62O/c1-5-6-7-8-9-10-11-12-13-14-15-16-17-20-25-32(2)36-30-35(39(3,4)34-28-23-19-24-29-34)31-37(38(36)40)33-26-21-18-22-27-33/h19,23-24,28-33,40H,5-18,20-22,25-27H2,1-4H3. The molecule has 1 aliphatic rings. The van der Waals surface area contributed by atoms with Gasteiger partial charge >= 0.3 is 0 Å². The molecular formula is C39H62O. The predicted molar refractivity (Wildman–Crippen MR) is 176 cm³/mol. The SMILES string of the molecule is CCCCCCCCCCCCCCCCC(C)c1cc(C(C)(C)c2ccccc2)cc(C2CCCCC2)c1O. The summed E-state index contributed by atoms with van der Waals surface area (Å²) in [5.74, 6) is 1.51. The number of phenolic OH excluding ortho intramolecular Hbond substituents is 1. The lowest BCUT2D eigenvalue weighted by atomic mass is 9.73. The highest BCUT2D eigenvalue weighted by Crippen LogP contribution is 2.45. The molecule has 2 aromatic rings. The van der Waals surface area contributed by atoms with Crippen LogP contribution < -0.4 is 0 Å². The highest BCUT2D eigenvalue weighted by atomic mass is 16.3. The van der Waals surface area contributed by atoms with E-state index in [2.05, 4.69) is 70.2 Å². The Bertz CT molecular complexity index is 937. The minimum atomic E-state index is -0.0814. The quantitative estimate of drug-likeness (QED) is 0.174. The van der Waals surface area contributed by atoms with Gasteiger partial charge in [-0.2, -0.15) is 0 Å². The summed E-state index contributed by atoms with van der Waals surface area (Å²) in [7, 11) is 0. The molecule has 1 nitrogen and oxygen atoms in total. The third-order valence-corrected chi connectivity index (χ3v) is 9.95. The third-order valence-electron chi connectivity index (χ3n) is 9.95. The molecule has 1 atom stereocenters. The number of phenols is 1. The molecule has 0 bridgehead atoms. The average molecular weight is 547 g/mol. The zero-order valence-electron chi connectivity index (χ0n) is 26.8. The number of rotatable bonds is 19. The number of hydrogen-bond donors (Lipinski definition) is 1. The Labute approximate surface area is 248 Å². The van der Waals surface area contributed by atoms with E-state index in [1.54, 1.807) is 0 Å². The molecule has 224 valence electrons. The van der Waals surface area contributed by atoms with Crippen LogP contribution in [0.4, 0.5) is 0 Å². The summed E-state index contributed by atoms with van der Waals surface area (Å²) < 4.78 is 0. The molecule has 3 rings (SSSR count). The molecule has 1 N–H and O–H groups in total. The smallest absolute Gasteiger partial charge is 0.122 e. The maximum atomic E-state index is 11.6. The van der Waals surface area contributed by atoms with Crippen LogP contribution in [0.15, 0.2) is 42.5 Å². The molecule has 2 aromatic carbocycles. The second-order valence-electron chi connectivity index (χ2n) is 13.6. The minimum absolute atomic E-state index is 0.0814. The van der Waals surface area contributed by atoms with E-state index in [1.807, 2.05) is 0 Å².